The molecule has 118 valence electrons. The molecule has 1 aliphatic rings. The third kappa shape index (κ3) is 3.57. The number of para-hydroxylation sites is 1. The molecule has 1 aromatic carbocycles. The molecule has 0 aromatic heterocycles. The fourth-order valence-electron chi connectivity index (χ4n) is 3.18. The topological polar surface area (TPSA) is 47.7 Å². The monoisotopic (exact) mass is 292 g/mol. The van der Waals surface area contributed by atoms with Crippen LogP contribution in [0.15, 0.2) is 24.3 Å². The van der Waals surface area contributed by atoms with Gasteiger partial charge in [-0.25, -0.2) is 0 Å². The standard InChI is InChI=1S/C17H28N2O2/c1-4-13-12-21-11-10-19(13)17(15(18)5-2)14-8-6-7-9-16(14)20-3/h6-9,13,15,17H,4-5,10-12,18H2,1-3H3. The van der Waals surface area contributed by atoms with Crippen LogP contribution >= 0.6 is 0 Å². The molecule has 1 fully saturated rings. The molecule has 1 saturated heterocycles. The maximum atomic E-state index is 6.48. The zero-order chi connectivity index (χ0) is 15.2. The van der Waals surface area contributed by atoms with Crippen molar-refractivity contribution < 1.29 is 9.47 Å². The van der Waals surface area contributed by atoms with Gasteiger partial charge in [0.05, 0.1) is 26.4 Å². The Morgan fingerprint density at radius 3 is 2.81 bits per heavy atom. The molecule has 1 aliphatic heterocycles. The van der Waals surface area contributed by atoms with Crippen LogP contribution in [-0.4, -0.2) is 43.9 Å². The summed E-state index contributed by atoms with van der Waals surface area (Å²) in [4.78, 5) is 2.51. The zero-order valence-electron chi connectivity index (χ0n) is 13.4. The van der Waals surface area contributed by atoms with E-state index >= 15 is 0 Å². The fraction of sp³-hybridized carbons (Fsp3) is 0.647. The summed E-state index contributed by atoms with van der Waals surface area (Å²) in [5.41, 5.74) is 7.67. The van der Waals surface area contributed by atoms with Crippen LogP contribution in [0.5, 0.6) is 5.75 Å². The molecule has 0 bridgehead atoms. The first-order valence-electron chi connectivity index (χ1n) is 7.94. The van der Waals surface area contributed by atoms with Gasteiger partial charge in [0.15, 0.2) is 0 Å². The van der Waals surface area contributed by atoms with E-state index in [9.17, 15) is 0 Å². The van der Waals surface area contributed by atoms with Gasteiger partial charge in [0, 0.05) is 24.2 Å². The van der Waals surface area contributed by atoms with Crippen molar-refractivity contribution in [3.63, 3.8) is 0 Å². The van der Waals surface area contributed by atoms with Crippen molar-refractivity contribution in [2.24, 2.45) is 5.73 Å². The molecule has 3 unspecified atom stereocenters. The van der Waals surface area contributed by atoms with Crippen molar-refractivity contribution in [1.82, 2.24) is 4.90 Å². The molecule has 3 atom stereocenters. The maximum absolute atomic E-state index is 6.48. The van der Waals surface area contributed by atoms with Gasteiger partial charge in [-0.1, -0.05) is 32.0 Å². The minimum atomic E-state index is 0.0912. The second kappa shape index (κ2) is 7.78. The minimum absolute atomic E-state index is 0.0912. The van der Waals surface area contributed by atoms with Crippen molar-refractivity contribution in [3.05, 3.63) is 29.8 Å². The van der Waals surface area contributed by atoms with Crippen LogP contribution in [0.3, 0.4) is 0 Å². The molecule has 4 heteroatoms. The molecule has 2 N–H and O–H groups in total. The molecule has 2 rings (SSSR count). The molecule has 0 aliphatic carbocycles. The highest BCUT2D eigenvalue weighted by molar-refractivity contribution is 5.37. The lowest BCUT2D eigenvalue weighted by atomic mass is 9.93. The molecule has 0 saturated carbocycles. The van der Waals surface area contributed by atoms with Gasteiger partial charge in [-0.3, -0.25) is 4.90 Å². The van der Waals surface area contributed by atoms with Gasteiger partial charge in [-0.2, -0.15) is 0 Å². The van der Waals surface area contributed by atoms with E-state index in [0.29, 0.717) is 6.04 Å². The van der Waals surface area contributed by atoms with Gasteiger partial charge in [-0.15, -0.1) is 0 Å². The summed E-state index contributed by atoms with van der Waals surface area (Å²) in [6.07, 6.45) is 2.01. The first-order chi connectivity index (χ1) is 10.2. The first-order valence-corrected chi connectivity index (χ1v) is 7.94. The van der Waals surface area contributed by atoms with Crippen LogP contribution in [0.2, 0.25) is 0 Å². The minimum Gasteiger partial charge on any atom is -0.496 e. The largest absolute Gasteiger partial charge is 0.496 e. The molecule has 0 radical (unpaired) electrons. The lowest BCUT2D eigenvalue weighted by Gasteiger charge is -2.43. The predicted octanol–water partition coefficient (Wildman–Crippen LogP) is 2.58. The van der Waals surface area contributed by atoms with Crippen molar-refractivity contribution in [2.75, 3.05) is 26.9 Å². The van der Waals surface area contributed by atoms with Gasteiger partial charge in [-0.05, 0) is 18.9 Å². The molecular weight excluding hydrogens is 264 g/mol. The number of nitrogens with two attached hydrogens (primary N) is 1. The van der Waals surface area contributed by atoms with Crippen molar-refractivity contribution in [3.8, 4) is 5.75 Å². The van der Waals surface area contributed by atoms with Crippen molar-refractivity contribution in [2.45, 2.75) is 44.8 Å². The quantitative estimate of drug-likeness (QED) is 0.875. The lowest BCUT2D eigenvalue weighted by molar-refractivity contribution is -0.0366. The molecule has 1 heterocycles. The van der Waals surface area contributed by atoms with Gasteiger partial charge in [0.25, 0.3) is 0 Å². The van der Waals surface area contributed by atoms with Crippen molar-refractivity contribution in [1.29, 1.82) is 0 Å². The summed E-state index contributed by atoms with van der Waals surface area (Å²) >= 11 is 0. The predicted molar refractivity (Wildman–Crippen MR) is 85.6 cm³/mol. The number of nitrogens with zero attached hydrogens (tertiary/aromatic N) is 1. The number of methoxy groups -OCH3 is 1. The van der Waals surface area contributed by atoms with E-state index in [1.54, 1.807) is 7.11 Å². The van der Waals surface area contributed by atoms with E-state index in [-0.39, 0.29) is 12.1 Å². The highest BCUT2D eigenvalue weighted by atomic mass is 16.5. The fourth-order valence-corrected chi connectivity index (χ4v) is 3.18. The number of rotatable bonds is 6. The summed E-state index contributed by atoms with van der Waals surface area (Å²) in [6.45, 7) is 6.85. The Kier molecular flexibility index (Phi) is 6.03. The normalized spacial score (nSPS) is 22.8. The van der Waals surface area contributed by atoms with Crippen molar-refractivity contribution >= 4 is 0 Å². The van der Waals surface area contributed by atoms with E-state index in [1.165, 1.54) is 5.56 Å². The molecule has 1 aromatic rings. The van der Waals surface area contributed by atoms with Crippen LogP contribution in [-0.2, 0) is 4.74 Å². The van der Waals surface area contributed by atoms with E-state index in [1.807, 2.05) is 12.1 Å². The number of ether oxygens (including phenoxy) is 2. The molecular formula is C17H28N2O2. The third-order valence-corrected chi connectivity index (χ3v) is 4.44. The Labute approximate surface area is 128 Å². The average molecular weight is 292 g/mol. The molecule has 0 spiro atoms. The van der Waals surface area contributed by atoms with E-state index < -0.39 is 0 Å². The number of hydrogen-bond donors (Lipinski definition) is 1. The van der Waals surface area contributed by atoms with Crippen LogP contribution < -0.4 is 10.5 Å². The second-order valence-electron chi connectivity index (χ2n) is 5.63. The highest BCUT2D eigenvalue weighted by Crippen LogP contribution is 2.34. The van der Waals surface area contributed by atoms with Gasteiger partial charge in [0.2, 0.25) is 0 Å². The zero-order valence-corrected chi connectivity index (χ0v) is 13.4. The first kappa shape index (κ1) is 16.3. The van der Waals surface area contributed by atoms with Crippen LogP contribution in [0.4, 0.5) is 0 Å². The van der Waals surface area contributed by atoms with E-state index in [0.717, 1.165) is 38.3 Å². The number of hydrogen-bond acceptors (Lipinski definition) is 4. The van der Waals surface area contributed by atoms with Crippen LogP contribution in [0.25, 0.3) is 0 Å². The Bertz CT molecular complexity index is 439. The van der Waals surface area contributed by atoms with Gasteiger partial charge < -0.3 is 15.2 Å². The third-order valence-electron chi connectivity index (χ3n) is 4.44. The van der Waals surface area contributed by atoms with Gasteiger partial charge in [0.1, 0.15) is 5.75 Å². The highest BCUT2D eigenvalue weighted by Gasteiger charge is 2.34. The van der Waals surface area contributed by atoms with E-state index in [4.69, 9.17) is 15.2 Å². The lowest BCUT2D eigenvalue weighted by Crippen LogP contribution is -2.51. The Balaban J connectivity index is 2.37. The SMILES string of the molecule is CCC(N)C(c1ccccc1OC)N1CCOCC1CC. The Morgan fingerprint density at radius 2 is 2.14 bits per heavy atom. The summed E-state index contributed by atoms with van der Waals surface area (Å²) in [5.74, 6) is 0.924. The molecule has 0 amide bonds. The Morgan fingerprint density at radius 1 is 1.38 bits per heavy atom. The number of benzene rings is 1. The van der Waals surface area contributed by atoms with Crippen LogP contribution in [0, 0.1) is 0 Å². The summed E-state index contributed by atoms with van der Waals surface area (Å²) in [7, 11) is 1.73. The summed E-state index contributed by atoms with van der Waals surface area (Å²) in [5, 5.41) is 0. The number of morpholine rings is 1. The van der Waals surface area contributed by atoms with Crippen LogP contribution in [0.1, 0.15) is 38.3 Å². The molecule has 4 nitrogen and oxygen atoms in total. The second-order valence-corrected chi connectivity index (χ2v) is 5.63. The smallest absolute Gasteiger partial charge is 0.123 e. The maximum Gasteiger partial charge on any atom is 0.123 e. The van der Waals surface area contributed by atoms with E-state index in [2.05, 4.69) is 30.9 Å². The Hall–Kier alpha value is -1.10. The van der Waals surface area contributed by atoms with Gasteiger partial charge >= 0.3 is 0 Å². The molecule has 21 heavy (non-hydrogen) atoms. The average Bonchev–Trinajstić information content (AvgIpc) is 2.55. The summed E-state index contributed by atoms with van der Waals surface area (Å²) in [6, 6.07) is 8.93. The summed E-state index contributed by atoms with van der Waals surface area (Å²) < 4.78 is 11.2.